The quantitative estimate of drug-likeness (QED) is 0.498. The predicted molar refractivity (Wildman–Crippen MR) is 51.3 cm³/mol. The molecule has 72 valence electrons. The molecule has 0 aliphatic rings. The Hall–Kier alpha value is -1.35. The molecule has 0 aromatic heterocycles. The molecule has 13 heavy (non-hydrogen) atoms. The van der Waals surface area contributed by atoms with Crippen molar-refractivity contribution in [3.8, 4) is 0 Å². The van der Waals surface area contributed by atoms with Gasteiger partial charge in [-0.3, -0.25) is 0 Å². The van der Waals surface area contributed by atoms with Crippen LogP contribution in [0.5, 0.6) is 0 Å². The number of carboxylic acid groups (broad SMARTS) is 1. The Labute approximate surface area is 77.7 Å². The second kappa shape index (κ2) is 7.31. The van der Waals surface area contributed by atoms with E-state index in [1.807, 2.05) is 13.0 Å². The highest BCUT2D eigenvalue weighted by molar-refractivity contribution is 5.80. The first kappa shape index (κ1) is 11.6. The molecule has 3 nitrogen and oxygen atoms in total. The normalized spacial score (nSPS) is 14.6. The lowest BCUT2D eigenvalue weighted by Gasteiger charge is -1.95. The molecule has 0 aromatic carbocycles. The molecular formula is C10H14O3. The van der Waals surface area contributed by atoms with E-state index in [1.165, 1.54) is 6.08 Å². The Morgan fingerprint density at radius 1 is 1.31 bits per heavy atom. The Kier molecular flexibility index (Phi) is 6.55. The first-order valence-corrected chi connectivity index (χ1v) is 4.02. The average Bonchev–Trinajstić information content (AvgIpc) is 2.10. The summed E-state index contributed by atoms with van der Waals surface area (Å²) in [5.41, 5.74) is 0. The summed E-state index contributed by atoms with van der Waals surface area (Å²) in [5.74, 6) is -0.828. The van der Waals surface area contributed by atoms with Crippen molar-refractivity contribution in [1.29, 1.82) is 0 Å². The lowest BCUT2D eigenvalue weighted by atomic mass is 10.2. The van der Waals surface area contributed by atoms with Gasteiger partial charge in [-0.15, -0.1) is 0 Å². The van der Waals surface area contributed by atoms with Gasteiger partial charge in [-0.1, -0.05) is 37.3 Å². The maximum absolute atomic E-state index is 10.0. The Balaban J connectivity index is 3.75. The van der Waals surface area contributed by atoms with E-state index in [4.69, 9.17) is 10.2 Å². The van der Waals surface area contributed by atoms with E-state index in [1.54, 1.807) is 18.2 Å². The van der Waals surface area contributed by atoms with Gasteiger partial charge in [0.1, 0.15) is 0 Å². The summed E-state index contributed by atoms with van der Waals surface area (Å²) < 4.78 is 0. The second-order valence-corrected chi connectivity index (χ2v) is 2.63. The van der Waals surface area contributed by atoms with Crippen LogP contribution in [-0.4, -0.2) is 22.8 Å². The standard InChI is InChI=1S/C10H14O3/c1-9(8-11)6-4-2-3-5-7-10(12)13/h2-7,9,11H,8H2,1H3,(H,12,13)/b3-2+,6-4+,7-5+/t9-/m0/s1. The lowest BCUT2D eigenvalue weighted by Crippen LogP contribution is -1.94. The van der Waals surface area contributed by atoms with Gasteiger partial charge < -0.3 is 10.2 Å². The van der Waals surface area contributed by atoms with Gasteiger partial charge in [0, 0.05) is 12.7 Å². The fourth-order valence-corrected chi connectivity index (χ4v) is 0.581. The van der Waals surface area contributed by atoms with E-state index in [-0.39, 0.29) is 12.5 Å². The van der Waals surface area contributed by atoms with Gasteiger partial charge in [0.05, 0.1) is 0 Å². The van der Waals surface area contributed by atoms with Gasteiger partial charge >= 0.3 is 5.97 Å². The van der Waals surface area contributed by atoms with Crippen LogP contribution in [0.1, 0.15) is 6.92 Å². The molecule has 0 rings (SSSR count). The highest BCUT2D eigenvalue weighted by atomic mass is 16.4. The van der Waals surface area contributed by atoms with Crippen LogP contribution in [0.15, 0.2) is 36.5 Å². The fraction of sp³-hybridized carbons (Fsp3) is 0.300. The zero-order chi connectivity index (χ0) is 10.1. The van der Waals surface area contributed by atoms with Crippen molar-refractivity contribution in [2.24, 2.45) is 5.92 Å². The van der Waals surface area contributed by atoms with Crippen LogP contribution in [0.3, 0.4) is 0 Å². The van der Waals surface area contributed by atoms with Gasteiger partial charge in [-0.25, -0.2) is 4.79 Å². The van der Waals surface area contributed by atoms with Crippen molar-refractivity contribution >= 4 is 5.97 Å². The summed E-state index contributed by atoms with van der Waals surface area (Å²) in [7, 11) is 0. The topological polar surface area (TPSA) is 57.5 Å². The molecule has 0 saturated heterocycles. The van der Waals surface area contributed by atoms with Crippen molar-refractivity contribution in [2.75, 3.05) is 6.61 Å². The molecule has 0 unspecified atom stereocenters. The van der Waals surface area contributed by atoms with Crippen LogP contribution < -0.4 is 0 Å². The smallest absolute Gasteiger partial charge is 0.328 e. The third-order valence-corrected chi connectivity index (χ3v) is 1.30. The monoisotopic (exact) mass is 182 g/mol. The third kappa shape index (κ3) is 8.56. The third-order valence-electron chi connectivity index (χ3n) is 1.30. The zero-order valence-electron chi connectivity index (χ0n) is 7.55. The van der Waals surface area contributed by atoms with Crippen molar-refractivity contribution < 1.29 is 15.0 Å². The summed E-state index contributed by atoms with van der Waals surface area (Å²) >= 11 is 0. The van der Waals surface area contributed by atoms with E-state index in [0.29, 0.717) is 0 Å². The molecule has 0 radical (unpaired) electrons. The minimum Gasteiger partial charge on any atom is -0.478 e. The van der Waals surface area contributed by atoms with Crippen LogP contribution in [0.2, 0.25) is 0 Å². The van der Waals surface area contributed by atoms with Crippen LogP contribution in [0.25, 0.3) is 0 Å². The zero-order valence-corrected chi connectivity index (χ0v) is 7.55. The highest BCUT2D eigenvalue weighted by Crippen LogP contribution is 1.94. The van der Waals surface area contributed by atoms with E-state index in [9.17, 15) is 4.79 Å². The molecule has 0 aliphatic carbocycles. The van der Waals surface area contributed by atoms with Crippen LogP contribution in [0, 0.1) is 5.92 Å². The maximum Gasteiger partial charge on any atom is 0.328 e. The molecular weight excluding hydrogens is 168 g/mol. The summed E-state index contributed by atoms with van der Waals surface area (Å²) in [6.45, 7) is 2.01. The molecule has 0 aromatic rings. The predicted octanol–water partition coefficient (Wildman–Crippen LogP) is 1.37. The Morgan fingerprint density at radius 2 is 1.92 bits per heavy atom. The molecule has 0 spiro atoms. The number of aliphatic hydroxyl groups excluding tert-OH is 1. The largest absolute Gasteiger partial charge is 0.478 e. The van der Waals surface area contributed by atoms with Crippen LogP contribution >= 0.6 is 0 Å². The maximum atomic E-state index is 10.0. The van der Waals surface area contributed by atoms with E-state index in [2.05, 4.69) is 0 Å². The number of hydrogen-bond donors (Lipinski definition) is 2. The molecule has 2 N–H and O–H groups in total. The lowest BCUT2D eigenvalue weighted by molar-refractivity contribution is -0.131. The number of rotatable bonds is 5. The number of hydrogen-bond acceptors (Lipinski definition) is 2. The van der Waals surface area contributed by atoms with Gasteiger partial charge in [0.2, 0.25) is 0 Å². The van der Waals surface area contributed by atoms with Gasteiger partial charge in [0.25, 0.3) is 0 Å². The number of carbonyl (C=O) groups is 1. The van der Waals surface area contributed by atoms with Crippen molar-refractivity contribution in [2.45, 2.75) is 6.92 Å². The second-order valence-electron chi connectivity index (χ2n) is 2.63. The van der Waals surface area contributed by atoms with Gasteiger partial charge in [-0.05, 0) is 5.92 Å². The van der Waals surface area contributed by atoms with E-state index < -0.39 is 5.97 Å². The molecule has 0 saturated carbocycles. The minimum absolute atomic E-state index is 0.120. The van der Waals surface area contributed by atoms with Crippen molar-refractivity contribution in [3.63, 3.8) is 0 Å². The fourth-order valence-electron chi connectivity index (χ4n) is 0.581. The van der Waals surface area contributed by atoms with E-state index >= 15 is 0 Å². The SMILES string of the molecule is C[C@@H](/C=C/C=C/C=C/C(=O)O)CO. The first-order valence-electron chi connectivity index (χ1n) is 4.02. The summed E-state index contributed by atoms with van der Waals surface area (Å²) in [5, 5.41) is 16.9. The first-order chi connectivity index (χ1) is 6.16. The molecule has 0 aliphatic heterocycles. The van der Waals surface area contributed by atoms with Gasteiger partial charge in [-0.2, -0.15) is 0 Å². The molecule has 1 atom stereocenters. The molecule has 0 fully saturated rings. The minimum atomic E-state index is -0.961. The van der Waals surface area contributed by atoms with Crippen LogP contribution in [0.4, 0.5) is 0 Å². The summed E-state index contributed by atoms with van der Waals surface area (Å²) in [6, 6.07) is 0. The number of aliphatic carboxylic acids is 1. The van der Waals surface area contributed by atoms with Crippen LogP contribution in [-0.2, 0) is 4.79 Å². The number of allylic oxidation sites excluding steroid dienone is 4. The number of carboxylic acids is 1. The summed E-state index contributed by atoms with van der Waals surface area (Å²) in [4.78, 5) is 10.0. The van der Waals surface area contributed by atoms with Gasteiger partial charge in [0.15, 0.2) is 0 Å². The number of aliphatic hydroxyl groups is 1. The Bertz CT molecular complexity index is 226. The summed E-state index contributed by atoms with van der Waals surface area (Å²) in [6.07, 6.45) is 9.44. The Morgan fingerprint density at radius 3 is 2.46 bits per heavy atom. The highest BCUT2D eigenvalue weighted by Gasteiger charge is 1.88. The molecule has 0 amide bonds. The van der Waals surface area contributed by atoms with E-state index in [0.717, 1.165) is 6.08 Å². The molecule has 0 bridgehead atoms. The average molecular weight is 182 g/mol. The van der Waals surface area contributed by atoms with Crippen molar-refractivity contribution in [1.82, 2.24) is 0 Å². The molecule has 0 heterocycles. The van der Waals surface area contributed by atoms with Crippen molar-refractivity contribution in [3.05, 3.63) is 36.5 Å². The molecule has 3 heteroatoms.